The zero-order valence-electron chi connectivity index (χ0n) is 10.5. The van der Waals surface area contributed by atoms with Gasteiger partial charge in [0.05, 0.1) is 0 Å². The molecule has 1 aromatic heterocycles. The summed E-state index contributed by atoms with van der Waals surface area (Å²) in [5.41, 5.74) is 1.34. The van der Waals surface area contributed by atoms with Crippen molar-refractivity contribution in [1.82, 2.24) is 15.1 Å². The minimum Gasteiger partial charge on any atom is -0.313 e. The van der Waals surface area contributed by atoms with Gasteiger partial charge >= 0.3 is 0 Å². The molecule has 17 heavy (non-hydrogen) atoms. The Hall–Kier alpha value is -0.830. The summed E-state index contributed by atoms with van der Waals surface area (Å²) in [6, 6.07) is 2.99. The van der Waals surface area contributed by atoms with Crippen LogP contribution in [0.5, 0.6) is 0 Å². The minimum absolute atomic E-state index is 0.870. The number of rotatable bonds is 4. The molecule has 3 aliphatic rings. The average Bonchev–Trinajstić information content (AvgIpc) is 2.73. The molecule has 3 aliphatic carbocycles. The Morgan fingerprint density at radius 2 is 2.12 bits per heavy atom. The Morgan fingerprint density at radius 3 is 2.76 bits per heavy atom. The Morgan fingerprint density at radius 1 is 1.35 bits per heavy atom. The fourth-order valence-corrected chi connectivity index (χ4v) is 4.61. The molecule has 4 atom stereocenters. The number of hydrogen-bond donors (Lipinski definition) is 1. The fraction of sp³-hybridized carbons (Fsp3) is 0.786. The zero-order valence-corrected chi connectivity index (χ0v) is 10.5. The zero-order chi connectivity index (χ0) is 11.4. The van der Waals surface area contributed by atoms with Gasteiger partial charge in [-0.3, -0.25) is 4.68 Å². The van der Waals surface area contributed by atoms with Crippen LogP contribution in [0.4, 0.5) is 0 Å². The monoisotopic (exact) mass is 231 g/mol. The van der Waals surface area contributed by atoms with Crippen molar-refractivity contribution in [2.45, 2.75) is 31.7 Å². The molecule has 4 rings (SSSR count). The van der Waals surface area contributed by atoms with Gasteiger partial charge in [0.25, 0.3) is 0 Å². The molecule has 0 amide bonds. The fourth-order valence-electron chi connectivity index (χ4n) is 4.61. The molecule has 1 aromatic rings. The van der Waals surface area contributed by atoms with Gasteiger partial charge in [-0.05, 0) is 49.0 Å². The van der Waals surface area contributed by atoms with Gasteiger partial charge in [0, 0.05) is 37.9 Å². The highest BCUT2D eigenvalue weighted by Crippen LogP contribution is 2.65. The van der Waals surface area contributed by atoms with Crippen molar-refractivity contribution in [2.75, 3.05) is 6.54 Å². The predicted octanol–water partition coefficient (Wildman–Crippen LogP) is 1.60. The minimum atomic E-state index is 0.870. The Balaban J connectivity index is 1.29. The molecule has 0 radical (unpaired) electrons. The van der Waals surface area contributed by atoms with Gasteiger partial charge in [0.15, 0.2) is 0 Å². The van der Waals surface area contributed by atoms with Crippen LogP contribution in [0.25, 0.3) is 0 Å². The highest BCUT2D eigenvalue weighted by Gasteiger charge is 2.64. The van der Waals surface area contributed by atoms with E-state index in [9.17, 15) is 0 Å². The van der Waals surface area contributed by atoms with Gasteiger partial charge in [0.1, 0.15) is 0 Å². The number of aromatic nitrogens is 2. The number of nitrogens with one attached hydrogen (secondary N) is 1. The molecule has 0 aliphatic heterocycles. The maximum absolute atomic E-state index is 4.21. The Kier molecular flexibility index (Phi) is 2.13. The van der Waals surface area contributed by atoms with Crippen LogP contribution in [0.2, 0.25) is 0 Å². The van der Waals surface area contributed by atoms with E-state index in [0.717, 1.165) is 42.7 Å². The third-order valence-corrected chi connectivity index (χ3v) is 5.42. The number of aryl methyl sites for hydroxylation is 1. The number of fused-ring (bicyclic) bond motifs is 5. The second kappa shape index (κ2) is 3.58. The van der Waals surface area contributed by atoms with Crippen LogP contribution < -0.4 is 5.32 Å². The standard InChI is InChI=1S/C14H21N3/c1-17-11(5-7-16-17)4-6-15-14-12-9-2-3-10(8-9)13(12)14/h5,7,9-10,12-15H,2-4,6,8H2,1H3. The molecule has 4 unspecified atom stereocenters. The van der Waals surface area contributed by atoms with Crippen LogP contribution in [0, 0.1) is 23.7 Å². The normalized spacial score (nSPS) is 41.8. The van der Waals surface area contributed by atoms with Crippen molar-refractivity contribution < 1.29 is 0 Å². The summed E-state index contributed by atoms with van der Waals surface area (Å²) < 4.78 is 1.99. The van der Waals surface area contributed by atoms with Crippen LogP contribution >= 0.6 is 0 Å². The van der Waals surface area contributed by atoms with E-state index in [1.54, 1.807) is 6.42 Å². The molecule has 1 heterocycles. The summed E-state index contributed by atoms with van der Waals surface area (Å²) in [7, 11) is 2.03. The molecular weight excluding hydrogens is 210 g/mol. The van der Waals surface area contributed by atoms with E-state index >= 15 is 0 Å². The van der Waals surface area contributed by atoms with Gasteiger partial charge in [-0.1, -0.05) is 0 Å². The lowest BCUT2D eigenvalue weighted by molar-refractivity contribution is 0.456. The van der Waals surface area contributed by atoms with Crippen molar-refractivity contribution in [3.05, 3.63) is 18.0 Å². The first-order valence-corrected chi connectivity index (χ1v) is 7.05. The second-order valence-corrected chi connectivity index (χ2v) is 6.16. The van der Waals surface area contributed by atoms with Crippen molar-refractivity contribution in [3.8, 4) is 0 Å². The maximum atomic E-state index is 4.21. The van der Waals surface area contributed by atoms with E-state index in [2.05, 4.69) is 16.5 Å². The van der Waals surface area contributed by atoms with Crippen LogP contribution in [-0.4, -0.2) is 22.4 Å². The molecule has 3 heteroatoms. The van der Waals surface area contributed by atoms with Gasteiger partial charge in [0.2, 0.25) is 0 Å². The summed E-state index contributed by atoms with van der Waals surface area (Å²) >= 11 is 0. The number of nitrogens with zero attached hydrogens (tertiary/aromatic N) is 2. The van der Waals surface area contributed by atoms with E-state index in [1.165, 1.54) is 18.5 Å². The predicted molar refractivity (Wildman–Crippen MR) is 66.5 cm³/mol. The van der Waals surface area contributed by atoms with E-state index in [4.69, 9.17) is 0 Å². The van der Waals surface area contributed by atoms with E-state index < -0.39 is 0 Å². The molecule has 3 saturated carbocycles. The van der Waals surface area contributed by atoms with Crippen molar-refractivity contribution in [1.29, 1.82) is 0 Å². The first kappa shape index (κ1) is 10.1. The van der Waals surface area contributed by atoms with Crippen LogP contribution in [0.3, 0.4) is 0 Å². The smallest absolute Gasteiger partial charge is 0.0492 e. The molecular formula is C14H21N3. The van der Waals surface area contributed by atoms with E-state index in [1.807, 2.05) is 17.9 Å². The third-order valence-electron chi connectivity index (χ3n) is 5.42. The van der Waals surface area contributed by atoms with Gasteiger partial charge in [-0.15, -0.1) is 0 Å². The topological polar surface area (TPSA) is 29.9 Å². The lowest BCUT2D eigenvalue weighted by Crippen LogP contribution is -2.25. The first-order chi connectivity index (χ1) is 8.34. The van der Waals surface area contributed by atoms with E-state index in [0.29, 0.717) is 0 Å². The third kappa shape index (κ3) is 1.48. The van der Waals surface area contributed by atoms with Crippen LogP contribution in [0.15, 0.2) is 12.3 Å². The highest BCUT2D eigenvalue weighted by atomic mass is 15.3. The quantitative estimate of drug-likeness (QED) is 0.853. The van der Waals surface area contributed by atoms with Crippen molar-refractivity contribution in [3.63, 3.8) is 0 Å². The van der Waals surface area contributed by atoms with E-state index in [-0.39, 0.29) is 0 Å². The Labute approximate surface area is 103 Å². The van der Waals surface area contributed by atoms with Gasteiger partial charge in [-0.25, -0.2) is 0 Å². The average molecular weight is 231 g/mol. The lowest BCUT2D eigenvalue weighted by Gasteiger charge is -2.10. The van der Waals surface area contributed by atoms with Gasteiger partial charge < -0.3 is 5.32 Å². The summed E-state index contributed by atoms with van der Waals surface area (Å²) in [6.07, 6.45) is 7.59. The van der Waals surface area contributed by atoms with Crippen molar-refractivity contribution in [2.24, 2.45) is 30.7 Å². The summed E-state index contributed by atoms with van der Waals surface area (Å²) in [6.45, 7) is 1.12. The molecule has 0 spiro atoms. The van der Waals surface area contributed by atoms with Crippen LogP contribution in [0.1, 0.15) is 25.0 Å². The molecule has 3 nitrogen and oxygen atoms in total. The molecule has 2 bridgehead atoms. The number of hydrogen-bond acceptors (Lipinski definition) is 2. The molecule has 3 fully saturated rings. The largest absolute Gasteiger partial charge is 0.313 e. The van der Waals surface area contributed by atoms with Gasteiger partial charge in [-0.2, -0.15) is 5.10 Å². The second-order valence-electron chi connectivity index (χ2n) is 6.16. The summed E-state index contributed by atoms with van der Waals surface area (Å²) in [4.78, 5) is 0. The lowest BCUT2D eigenvalue weighted by atomic mass is 10.0. The molecule has 0 saturated heterocycles. The van der Waals surface area contributed by atoms with Crippen molar-refractivity contribution >= 4 is 0 Å². The summed E-state index contributed by atoms with van der Waals surface area (Å²) in [5, 5.41) is 7.99. The SMILES string of the molecule is Cn1nccc1CCNC1C2C3CCC(C3)C12. The molecule has 1 N–H and O–H groups in total. The molecule has 0 aromatic carbocycles. The maximum Gasteiger partial charge on any atom is 0.0492 e. The Bertz CT molecular complexity index is 409. The first-order valence-electron chi connectivity index (χ1n) is 7.05. The highest BCUT2D eigenvalue weighted by molar-refractivity contribution is 5.17. The summed E-state index contributed by atoms with van der Waals surface area (Å²) in [5.74, 6) is 4.28. The molecule has 92 valence electrons. The van der Waals surface area contributed by atoms with Crippen LogP contribution in [-0.2, 0) is 13.5 Å².